The van der Waals surface area contributed by atoms with Gasteiger partial charge in [0.2, 0.25) is 0 Å². The summed E-state index contributed by atoms with van der Waals surface area (Å²) in [5, 5.41) is 0. The normalized spacial score (nSPS) is 8.57. The quantitative estimate of drug-likeness (QED) is 0.415. The fraction of sp³-hybridized carbons (Fsp3) is 0. The molecule has 7 heavy (non-hydrogen) atoms. The van der Waals surface area contributed by atoms with E-state index in [0.717, 1.165) is 0 Å². The SMILES string of the molecule is [O-][Si]([O-])([O-])[O-].[Ru+3].[Y+3]. The Hall–Kier alpha value is 1.78. The van der Waals surface area contributed by atoms with Crippen molar-refractivity contribution in [3.8, 4) is 0 Å². The molecule has 0 heterocycles. The molecule has 0 aromatic heterocycles. The molecule has 7 heteroatoms. The summed E-state index contributed by atoms with van der Waals surface area (Å²) in [6.07, 6.45) is 0. The van der Waals surface area contributed by atoms with Gasteiger partial charge in [0.15, 0.2) is 0 Å². The Labute approximate surface area is 79.7 Å². The average Bonchev–Trinajstić information content (AvgIpc) is 0.722. The third-order valence-electron chi connectivity index (χ3n) is 0. The van der Waals surface area contributed by atoms with Gasteiger partial charge in [-0.3, -0.25) is 0 Å². The van der Waals surface area contributed by atoms with Crippen molar-refractivity contribution in [2.45, 2.75) is 0 Å². The summed E-state index contributed by atoms with van der Waals surface area (Å²) < 4.78 is 0. The minimum absolute atomic E-state index is 0. The molecule has 4 nitrogen and oxygen atoms in total. The first-order valence-corrected chi connectivity index (χ1v) is 2.45. The van der Waals surface area contributed by atoms with Crippen LogP contribution in [0, 0.1) is 0 Å². The van der Waals surface area contributed by atoms with E-state index in [4.69, 9.17) is 19.2 Å². The van der Waals surface area contributed by atoms with E-state index in [2.05, 4.69) is 0 Å². The van der Waals surface area contributed by atoms with Crippen molar-refractivity contribution in [3.63, 3.8) is 0 Å². The number of hydrogen-bond acceptors (Lipinski definition) is 4. The van der Waals surface area contributed by atoms with E-state index in [1.165, 1.54) is 0 Å². The second-order valence-electron chi connectivity index (χ2n) is 0.500. The molecule has 1 radical (unpaired) electrons. The van der Waals surface area contributed by atoms with E-state index < -0.39 is 9.05 Å². The predicted octanol–water partition coefficient (Wildman–Crippen LogP) is -5.14. The van der Waals surface area contributed by atoms with Crippen LogP contribution < -0.4 is 19.2 Å². The molecule has 0 atom stereocenters. The van der Waals surface area contributed by atoms with Gasteiger partial charge in [-0.05, 0) is 0 Å². The van der Waals surface area contributed by atoms with Crippen LogP contribution in [0.1, 0.15) is 0 Å². The molecule has 0 aliphatic heterocycles. The molecule has 0 unspecified atom stereocenters. The smallest absolute Gasteiger partial charge is 0.894 e. The Kier molecular flexibility index (Phi) is 13.4. The standard InChI is InChI=1S/O4Si.Ru.Y/c1-5(2,3)4;;/q-4;2*+3. The summed E-state index contributed by atoms with van der Waals surface area (Å²) in [5.41, 5.74) is 0. The maximum absolute atomic E-state index is 8.58. The van der Waals surface area contributed by atoms with E-state index in [-0.39, 0.29) is 52.2 Å². The topological polar surface area (TPSA) is 92.2 Å². The van der Waals surface area contributed by atoms with Crippen molar-refractivity contribution in [2.24, 2.45) is 0 Å². The summed E-state index contributed by atoms with van der Waals surface area (Å²) in [7, 11) is -5.61. The summed E-state index contributed by atoms with van der Waals surface area (Å²) >= 11 is 0. The Morgan fingerprint density at radius 2 is 0.857 bits per heavy atom. The predicted molar refractivity (Wildman–Crippen MR) is 5.75 cm³/mol. The van der Waals surface area contributed by atoms with Crippen LogP contribution in [0.25, 0.3) is 0 Å². The van der Waals surface area contributed by atoms with Crippen LogP contribution in [0.5, 0.6) is 0 Å². The van der Waals surface area contributed by atoms with Crippen molar-refractivity contribution in [3.05, 3.63) is 0 Å². The fourth-order valence-electron chi connectivity index (χ4n) is 0. The van der Waals surface area contributed by atoms with Gasteiger partial charge in [-0.15, -0.1) is 0 Å². The fourth-order valence-corrected chi connectivity index (χ4v) is 0. The average molecular weight is 282 g/mol. The summed E-state index contributed by atoms with van der Waals surface area (Å²) in [6, 6.07) is 0. The van der Waals surface area contributed by atoms with Gasteiger partial charge < -0.3 is 28.2 Å². The Morgan fingerprint density at radius 1 is 0.857 bits per heavy atom. The van der Waals surface area contributed by atoms with Gasteiger partial charge in [0.1, 0.15) is 0 Å². The Balaban J connectivity index is -0.0000000800. The van der Waals surface area contributed by atoms with E-state index >= 15 is 0 Å². The zero-order valence-corrected chi connectivity index (χ0v) is 8.64. The number of rotatable bonds is 0. The van der Waals surface area contributed by atoms with Crippen LogP contribution in [0.4, 0.5) is 0 Å². The third kappa shape index (κ3) is 81.8. The molecule has 0 saturated heterocycles. The summed E-state index contributed by atoms with van der Waals surface area (Å²) in [6.45, 7) is 0. The molecule has 0 aromatic carbocycles. The Morgan fingerprint density at radius 3 is 0.857 bits per heavy atom. The van der Waals surface area contributed by atoms with Gasteiger partial charge in [0.25, 0.3) is 0 Å². The van der Waals surface area contributed by atoms with Crippen LogP contribution >= 0.6 is 0 Å². The van der Waals surface area contributed by atoms with Crippen LogP contribution in [-0.2, 0) is 52.2 Å². The van der Waals surface area contributed by atoms with Gasteiger partial charge in [0, 0.05) is 0 Å². The zero-order valence-electron chi connectivity index (χ0n) is 3.06. The van der Waals surface area contributed by atoms with Gasteiger partial charge in [-0.1, -0.05) is 0 Å². The molecule has 0 bridgehead atoms. The largest absolute Gasteiger partial charge is 3.00 e. The molecule has 0 N–H and O–H groups in total. The van der Waals surface area contributed by atoms with Gasteiger partial charge >= 0.3 is 52.2 Å². The van der Waals surface area contributed by atoms with Gasteiger partial charge in [0.05, 0.1) is 0 Å². The molecule has 0 spiro atoms. The van der Waals surface area contributed by atoms with Crippen molar-refractivity contribution >= 4 is 9.05 Å². The van der Waals surface area contributed by atoms with Crippen molar-refractivity contribution < 1.29 is 71.4 Å². The molecule has 0 aliphatic carbocycles. The van der Waals surface area contributed by atoms with E-state index in [1.54, 1.807) is 0 Å². The van der Waals surface area contributed by atoms with Gasteiger partial charge in [-0.25, -0.2) is 0 Å². The second kappa shape index (κ2) is 5.91. The first-order valence-electron chi connectivity index (χ1n) is 0.816. The minimum atomic E-state index is -5.61. The van der Waals surface area contributed by atoms with Crippen molar-refractivity contribution in [1.29, 1.82) is 0 Å². The van der Waals surface area contributed by atoms with Crippen LogP contribution in [0.3, 0.4) is 0 Å². The molecule has 0 saturated carbocycles. The van der Waals surface area contributed by atoms with Crippen LogP contribution in [-0.4, -0.2) is 9.05 Å². The minimum Gasteiger partial charge on any atom is -0.894 e. The molecular formula is O4RuSiY+2. The zero-order chi connectivity index (χ0) is 4.50. The monoisotopic (exact) mass is 283 g/mol. The second-order valence-corrected chi connectivity index (χ2v) is 1.50. The molecule has 37 valence electrons. The molecule has 0 amide bonds. The maximum atomic E-state index is 8.58. The van der Waals surface area contributed by atoms with Gasteiger partial charge in [-0.2, -0.15) is 0 Å². The molecular weight excluding hydrogens is 282 g/mol. The van der Waals surface area contributed by atoms with E-state index in [0.29, 0.717) is 0 Å². The van der Waals surface area contributed by atoms with Crippen LogP contribution in [0.15, 0.2) is 0 Å². The maximum Gasteiger partial charge on any atom is 3.00 e. The van der Waals surface area contributed by atoms with E-state index in [1.807, 2.05) is 0 Å². The first-order chi connectivity index (χ1) is 2.00. The molecule has 0 rings (SSSR count). The molecule has 0 aliphatic rings. The summed E-state index contributed by atoms with van der Waals surface area (Å²) in [4.78, 5) is 34.3. The Bertz CT molecular complexity index is 27.2. The summed E-state index contributed by atoms with van der Waals surface area (Å²) in [5.74, 6) is 0. The van der Waals surface area contributed by atoms with E-state index in [9.17, 15) is 0 Å². The molecule has 0 aromatic rings. The number of hydrogen-bond donors (Lipinski definition) is 0. The van der Waals surface area contributed by atoms with Crippen molar-refractivity contribution in [1.82, 2.24) is 0 Å². The van der Waals surface area contributed by atoms with Crippen molar-refractivity contribution in [2.75, 3.05) is 0 Å². The molecule has 0 fully saturated rings. The first kappa shape index (κ1) is 15.9. The third-order valence-corrected chi connectivity index (χ3v) is 0. The van der Waals surface area contributed by atoms with Crippen LogP contribution in [0.2, 0.25) is 0 Å².